The predicted molar refractivity (Wildman–Crippen MR) is 113 cm³/mol. The number of carboxylic acid groups (broad SMARTS) is 1. The van der Waals surface area contributed by atoms with Crippen LogP contribution in [0.2, 0.25) is 5.02 Å². The number of carbonyl (C=O) groups excluding carboxylic acids is 1. The SMILES string of the molecule is COc1ccc(CN(Cc2cccc(Cl)c2)C(=O)[C@@H]2CCCN2C)cc1.O=CO. The molecule has 1 amide bonds. The van der Waals surface area contributed by atoms with Gasteiger partial charge >= 0.3 is 0 Å². The molecule has 29 heavy (non-hydrogen) atoms. The maximum atomic E-state index is 13.2. The monoisotopic (exact) mass is 418 g/mol. The van der Waals surface area contributed by atoms with E-state index in [0.717, 1.165) is 36.3 Å². The molecule has 1 fully saturated rings. The molecule has 1 heterocycles. The highest BCUT2D eigenvalue weighted by atomic mass is 35.5. The van der Waals surface area contributed by atoms with Gasteiger partial charge in [0, 0.05) is 18.1 Å². The minimum absolute atomic E-state index is 0.0348. The van der Waals surface area contributed by atoms with E-state index in [1.54, 1.807) is 7.11 Å². The van der Waals surface area contributed by atoms with Crippen molar-refractivity contribution in [3.8, 4) is 5.75 Å². The van der Waals surface area contributed by atoms with Gasteiger partial charge in [0.05, 0.1) is 13.2 Å². The minimum atomic E-state index is -0.250. The van der Waals surface area contributed by atoms with Crippen molar-refractivity contribution in [3.63, 3.8) is 0 Å². The molecule has 2 aromatic carbocycles. The van der Waals surface area contributed by atoms with Crippen molar-refractivity contribution >= 4 is 24.0 Å². The third-order valence-electron chi connectivity index (χ3n) is 4.91. The van der Waals surface area contributed by atoms with Gasteiger partial charge in [0.15, 0.2) is 0 Å². The van der Waals surface area contributed by atoms with E-state index >= 15 is 0 Å². The first-order valence-electron chi connectivity index (χ1n) is 9.42. The average molecular weight is 419 g/mol. The second-order valence-electron chi connectivity index (χ2n) is 6.92. The molecule has 0 bridgehead atoms. The topological polar surface area (TPSA) is 70.1 Å². The molecule has 7 heteroatoms. The van der Waals surface area contributed by atoms with Crippen LogP contribution >= 0.6 is 11.6 Å². The first-order chi connectivity index (χ1) is 14.0. The van der Waals surface area contributed by atoms with E-state index in [9.17, 15) is 4.79 Å². The molecule has 0 saturated carbocycles. The average Bonchev–Trinajstić information content (AvgIpc) is 3.14. The molecule has 0 radical (unpaired) electrons. The number of rotatable bonds is 6. The standard InChI is InChI=1S/C21H25ClN2O2.CH2O2/c1-23-12-4-7-20(23)21(25)24(15-17-5-3-6-18(22)13-17)14-16-8-10-19(26-2)11-9-16;2-1-3/h3,5-6,8-11,13,20H,4,7,12,14-15H2,1-2H3;1H,(H,2,3)/t20-;/m0./s1. The number of ether oxygens (including phenoxy) is 1. The molecule has 1 aliphatic heterocycles. The van der Waals surface area contributed by atoms with Gasteiger partial charge in [-0.1, -0.05) is 35.9 Å². The number of halogens is 1. The van der Waals surface area contributed by atoms with Crippen LogP contribution in [0.3, 0.4) is 0 Å². The summed E-state index contributed by atoms with van der Waals surface area (Å²) in [7, 11) is 3.68. The Labute approximate surface area is 176 Å². The molecule has 156 valence electrons. The quantitative estimate of drug-likeness (QED) is 0.725. The third-order valence-corrected chi connectivity index (χ3v) is 5.15. The Morgan fingerprint density at radius 3 is 2.45 bits per heavy atom. The number of methoxy groups -OCH3 is 1. The third kappa shape index (κ3) is 6.76. The van der Waals surface area contributed by atoms with E-state index in [4.69, 9.17) is 26.2 Å². The molecule has 2 aromatic rings. The predicted octanol–water partition coefficient (Wildman–Crippen LogP) is 3.67. The van der Waals surface area contributed by atoms with Crippen molar-refractivity contribution in [2.24, 2.45) is 0 Å². The van der Waals surface area contributed by atoms with Crippen LogP contribution in [0.25, 0.3) is 0 Å². The van der Waals surface area contributed by atoms with E-state index in [2.05, 4.69) is 4.90 Å². The van der Waals surface area contributed by atoms with Gasteiger partial charge in [-0.05, 0) is 61.8 Å². The number of benzene rings is 2. The van der Waals surface area contributed by atoms with Gasteiger partial charge in [0.25, 0.3) is 6.47 Å². The zero-order chi connectivity index (χ0) is 21.2. The van der Waals surface area contributed by atoms with Crippen molar-refractivity contribution in [1.29, 1.82) is 0 Å². The lowest BCUT2D eigenvalue weighted by atomic mass is 10.1. The van der Waals surface area contributed by atoms with Crippen molar-refractivity contribution in [1.82, 2.24) is 9.80 Å². The first kappa shape index (κ1) is 22.7. The Hall–Kier alpha value is -2.57. The van der Waals surface area contributed by atoms with Gasteiger partial charge in [0.2, 0.25) is 5.91 Å². The van der Waals surface area contributed by atoms with Crippen LogP contribution in [-0.4, -0.2) is 54.0 Å². The summed E-state index contributed by atoms with van der Waals surface area (Å²) in [6, 6.07) is 15.6. The summed E-state index contributed by atoms with van der Waals surface area (Å²) < 4.78 is 5.22. The summed E-state index contributed by atoms with van der Waals surface area (Å²) in [4.78, 5) is 25.6. The maximum Gasteiger partial charge on any atom is 0.290 e. The summed E-state index contributed by atoms with van der Waals surface area (Å²) in [5, 5.41) is 7.58. The molecular weight excluding hydrogens is 392 g/mol. The Balaban J connectivity index is 0.000000941. The lowest BCUT2D eigenvalue weighted by Gasteiger charge is -2.29. The summed E-state index contributed by atoms with van der Waals surface area (Å²) in [5.41, 5.74) is 2.13. The molecule has 1 atom stereocenters. The number of likely N-dealkylation sites (N-methyl/N-ethyl adjacent to an activating group) is 1. The second-order valence-corrected chi connectivity index (χ2v) is 7.35. The number of hydrogen-bond acceptors (Lipinski definition) is 4. The van der Waals surface area contributed by atoms with Crippen LogP contribution in [0.15, 0.2) is 48.5 Å². The van der Waals surface area contributed by atoms with Crippen molar-refractivity contribution in [2.75, 3.05) is 20.7 Å². The van der Waals surface area contributed by atoms with Crippen LogP contribution in [0, 0.1) is 0 Å². The van der Waals surface area contributed by atoms with E-state index < -0.39 is 0 Å². The zero-order valence-corrected chi connectivity index (χ0v) is 17.5. The molecule has 1 aliphatic rings. The molecule has 3 rings (SSSR count). The number of hydrogen-bond donors (Lipinski definition) is 1. The Kier molecular flexibility index (Phi) is 8.96. The first-order valence-corrected chi connectivity index (χ1v) is 9.80. The fraction of sp³-hybridized carbons (Fsp3) is 0.364. The number of nitrogens with zero attached hydrogens (tertiary/aromatic N) is 2. The van der Waals surface area contributed by atoms with Gasteiger partial charge in [-0.2, -0.15) is 0 Å². The maximum absolute atomic E-state index is 13.2. The van der Waals surface area contributed by atoms with Gasteiger partial charge in [-0.3, -0.25) is 14.5 Å². The fourth-order valence-corrected chi connectivity index (χ4v) is 3.66. The van der Waals surface area contributed by atoms with Crippen LogP contribution in [0.5, 0.6) is 5.75 Å². The molecule has 0 aliphatic carbocycles. The van der Waals surface area contributed by atoms with E-state index in [-0.39, 0.29) is 18.4 Å². The highest BCUT2D eigenvalue weighted by Crippen LogP contribution is 2.22. The van der Waals surface area contributed by atoms with Crippen LogP contribution in [0.4, 0.5) is 0 Å². The fourth-order valence-electron chi connectivity index (χ4n) is 3.45. The molecule has 1 N–H and O–H groups in total. The van der Waals surface area contributed by atoms with Crippen LogP contribution in [-0.2, 0) is 22.7 Å². The summed E-state index contributed by atoms with van der Waals surface area (Å²) in [5.74, 6) is 0.998. The number of carbonyl (C=O) groups is 2. The Morgan fingerprint density at radius 2 is 1.90 bits per heavy atom. The molecule has 0 spiro atoms. The summed E-state index contributed by atoms with van der Waals surface area (Å²) in [6.07, 6.45) is 1.99. The van der Waals surface area contributed by atoms with Crippen LogP contribution < -0.4 is 4.74 Å². The van der Waals surface area contributed by atoms with E-state index in [1.807, 2.05) is 60.5 Å². The molecule has 6 nitrogen and oxygen atoms in total. The van der Waals surface area contributed by atoms with Gasteiger partial charge in [-0.25, -0.2) is 0 Å². The minimum Gasteiger partial charge on any atom is -0.497 e. The molecular formula is C22H27ClN2O4. The Bertz CT molecular complexity index is 798. The van der Waals surface area contributed by atoms with Gasteiger partial charge < -0.3 is 14.7 Å². The Morgan fingerprint density at radius 1 is 1.24 bits per heavy atom. The van der Waals surface area contributed by atoms with Crippen LogP contribution in [0.1, 0.15) is 24.0 Å². The molecule has 1 saturated heterocycles. The van der Waals surface area contributed by atoms with Crippen molar-refractivity contribution in [2.45, 2.75) is 32.0 Å². The number of amides is 1. The number of likely N-dealkylation sites (tertiary alicyclic amines) is 1. The second kappa shape index (κ2) is 11.4. The van der Waals surface area contributed by atoms with E-state index in [0.29, 0.717) is 18.1 Å². The highest BCUT2D eigenvalue weighted by molar-refractivity contribution is 6.30. The normalized spacial score (nSPS) is 15.9. The van der Waals surface area contributed by atoms with Crippen molar-refractivity contribution < 1.29 is 19.4 Å². The van der Waals surface area contributed by atoms with Gasteiger partial charge in [0.1, 0.15) is 5.75 Å². The molecule has 0 unspecified atom stereocenters. The lowest BCUT2D eigenvalue weighted by molar-refractivity contribution is -0.136. The molecule has 0 aromatic heterocycles. The lowest BCUT2D eigenvalue weighted by Crippen LogP contribution is -2.43. The largest absolute Gasteiger partial charge is 0.497 e. The smallest absolute Gasteiger partial charge is 0.290 e. The summed E-state index contributed by atoms with van der Waals surface area (Å²) in [6.45, 7) is 1.85. The highest BCUT2D eigenvalue weighted by Gasteiger charge is 2.31. The van der Waals surface area contributed by atoms with Gasteiger partial charge in [-0.15, -0.1) is 0 Å². The van der Waals surface area contributed by atoms with E-state index in [1.165, 1.54) is 0 Å². The summed E-state index contributed by atoms with van der Waals surface area (Å²) >= 11 is 6.13. The van der Waals surface area contributed by atoms with Crippen molar-refractivity contribution in [3.05, 3.63) is 64.7 Å². The zero-order valence-electron chi connectivity index (χ0n) is 16.8.